The fourth-order valence-corrected chi connectivity index (χ4v) is 3.97. The fraction of sp³-hybridized carbons (Fsp3) is 0.111. The molecule has 1 atom stereocenters. The van der Waals surface area contributed by atoms with E-state index in [1.165, 1.54) is 18.2 Å². The summed E-state index contributed by atoms with van der Waals surface area (Å²) >= 11 is 0. The van der Waals surface area contributed by atoms with Crippen molar-refractivity contribution >= 4 is 26.8 Å². The molecule has 1 aliphatic heterocycles. The average Bonchev–Trinajstić information content (AvgIpc) is 3.17. The minimum atomic E-state index is -3.24. The summed E-state index contributed by atoms with van der Waals surface area (Å²) in [6.07, 6.45) is 1.45. The number of hydrogen-bond acceptors (Lipinski definition) is 5. The number of carbonyl (C=O) groups is 1. The second-order valence-corrected chi connectivity index (χ2v) is 7.88. The molecule has 1 aliphatic rings. The molecule has 0 saturated heterocycles. The Balaban J connectivity index is 1.59. The highest BCUT2D eigenvalue weighted by molar-refractivity contribution is 7.94. The van der Waals surface area contributed by atoms with E-state index in [4.69, 9.17) is 4.42 Å². The third kappa shape index (κ3) is 3.23. The number of aromatic nitrogens is 1. The van der Waals surface area contributed by atoms with Crippen molar-refractivity contribution in [3.05, 3.63) is 65.3 Å². The predicted octanol–water partition coefficient (Wildman–Crippen LogP) is 2.67. The average molecular weight is 372 g/mol. The lowest BCUT2D eigenvalue weighted by Crippen LogP contribution is -2.35. The van der Waals surface area contributed by atoms with E-state index in [0.29, 0.717) is 22.2 Å². The number of nitrogens with zero attached hydrogens (tertiary/aromatic N) is 1. The van der Waals surface area contributed by atoms with Gasteiger partial charge in [0, 0.05) is 16.5 Å². The SMILES string of the molecule is O=C(NC1C=CS(=O)(=O)C1)c1ccc2oc(-c3cccc(F)c3)nc2c1. The topological polar surface area (TPSA) is 89.3 Å². The zero-order valence-corrected chi connectivity index (χ0v) is 14.2. The Bertz CT molecular complexity index is 1150. The van der Waals surface area contributed by atoms with E-state index < -0.39 is 27.6 Å². The molecule has 1 aromatic heterocycles. The standard InChI is InChI=1S/C18H13FN2O4S/c19-13-3-1-2-12(8-13)18-21-15-9-11(4-5-16(15)25-18)17(22)20-14-6-7-26(23,24)10-14/h1-9,14H,10H2,(H,20,22). The van der Waals surface area contributed by atoms with Gasteiger partial charge in [0.05, 0.1) is 11.8 Å². The molecule has 2 heterocycles. The van der Waals surface area contributed by atoms with Crippen molar-refractivity contribution in [1.29, 1.82) is 0 Å². The van der Waals surface area contributed by atoms with Crippen LogP contribution in [-0.2, 0) is 9.84 Å². The molecule has 1 amide bonds. The molecule has 4 rings (SSSR count). The Labute approximate surface area is 148 Å². The summed E-state index contributed by atoms with van der Waals surface area (Å²) in [6.45, 7) is 0. The number of carbonyl (C=O) groups excluding carboxylic acids is 1. The first-order chi connectivity index (χ1) is 12.4. The smallest absolute Gasteiger partial charge is 0.251 e. The molecule has 2 aromatic carbocycles. The molecule has 0 saturated carbocycles. The molecule has 0 aliphatic carbocycles. The zero-order valence-electron chi connectivity index (χ0n) is 13.3. The minimum absolute atomic E-state index is 0.144. The van der Waals surface area contributed by atoms with Crippen molar-refractivity contribution in [2.75, 3.05) is 5.75 Å². The third-order valence-corrected chi connectivity index (χ3v) is 5.36. The van der Waals surface area contributed by atoms with Crippen molar-refractivity contribution in [3.8, 4) is 11.5 Å². The summed E-state index contributed by atoms with van der Waals surface area (Å²) in [5.41, 5.74) is 1.73. The summed E-state index contributed by atoms with van der Waals surface area (Å²) in [5, 5.41) is 3.75. The summed E-state index contributed by atoms with van der Waals surface area (Å²) in [7, 11) is -3.24. The Morgan fingerprint density at radius 3 is 2.81 bits per heavy atom. The molecule has 6 nitrogen and oxygen atoms in total. The Kier molecular flexibility index (Phi) is 3.84. The number of hydrogen-bond donors (Lipinski definition) is 1. The van der Waals surface area contributed by atoms with Crippen LogP contribution in [0.15, 0.2) is 58.4 Å². The van der Waals surface area contributed by atoms with E-state index in [1.54, 1.807) is 30.3 Å². The third-order valence-electron chi connectivity index (χ3n) is 3.97. The molecule has 8 heteroatoms. The Morgan fingerprint density at radius 1 is 1.23 bits per heavy atom. The quantitative estimate of drug-likeness (QED) is 0.763. The first-order valence-corrected chi connectivity index (χ1v) is 9.49. The minimum Gasteiger partial charge on any atom is -0.436 e. The first kappa shape index (κ1) is 16.5. The van der Waals surface area contributed by atoms with E-state index in [0.717, 1.165) is 5.41 Å². The van der Waals surface area contributed by atoms with Crippen LogP contribution in [0.4, 0.5) is 4.39 Å². The first-order valence-electron chi connectivity index (χ1n) is 7.78. The van der Waals surface area contributed by atoms with Gasteiger partial charge < -0.3 is 9.73 Å². The second-order valence-electron chi connectivity index (χ2n) is 5.95. The number of nitrogens with one attached hydrogen (secondary N) is 1. The van der Waals surface area contributed by atoms with Gasteiger partial charge in [-0.1, -0.05) is 6.07 Å². The molecule has 0 bridgehead atoms. The van der Waals surface area contributed by atoms with E-state index in [1.807, 2.05) is 0 Å². The number of benzene rings is 2. The van der Waals surface area contributed by atoms with Gasteiger partial charge in [-0.05, 0) is 42.5 Å². The van der Waals surface area contributed by atoms with Gasteiger partial charge in [0.25, 0.3) is 5.91 Å². The molecule has 1 unspecified atom stereocenters. The predicted molar refractivity (Wildman–Crippen MR) is 93.6 cm³/mol. The monoisotopic (exact) mass is 372 g/mol. The van der Waals surface area contributed by atoms with Crippen molar-refractivity contribution < 1.29 is 22.0 Å². The van der Waals surface area contributed by atoms with Crippen LogP contribution in [0, 0.1) is 5.82 Å². The maximum absolute atomic E-state index is 13.4. The van der Waals surface area contributed by atoms with Gasteiger partial charge in [-0.25, -0.2) is 17.8 Å². The fourth-order valence-electron chi connectivity index (χ4n) is 2.73. The van der Waals surface area contributed by atoms with Crippen LogP contribution in [0.25, 0.3) is 22.6 Å². The molecule has 132 valence electrons. The molecule has 0 spiro atoms. The van der Waals surface area contributed by atoms with E-state index in [-0.39, 0.29) is 11.6 Å². The van der Waals surface area contributed by atoms with Crippen LogP contribution < -0.4 is 5.32 Å². The van der Waals surface area contributed by atoms with Gasteiger partial charge in [-0.3, -0.25) is 4.79 Å². The number of sulfone groups is 1. The highest BCUT2D eigenvalue weighted by Gasteiger charge is 2.23. The normalized spacial score (nSPS) is 18.3. The van der Waals surface area contributed by atoms with Crippen LogP contribution in [0.1, 0.15) is 10.4 Å². The number of fused-ring (bicyclic) bond motifs is 1. The van der Waals surface area contributed by atoms with Crippen LogP contribution in [0.5, 0.6) is 0 Å². The summed E-state index contributed by atoms with van der Waals surface area (Å²) < 4.78 is 41.8. The Hall–Kier alpha value is -3.00. The lowest BCUT2D eigenvalue weighted by atomic mass is 10.2. The van der Waals surface area contributed by atoms with Crippen molar-refractivity contribution in [1.82, 2.24) is 10.3 Å². The summed E-state index contributed by atoms with van der Waals surface area (Å²) in [4.78, 5) is 16.6. The number of rotatable bonds is 3. The second kappa shape index (κ2) is 6.06. The zero-order chi connectivity index (χ0) is 18.3. The van der Waals surface area contributed by atoms with Gasteiger partial charge in [-0.2, -0.15) is 0 Å². The van der Waals surface area contributed by atoms with Crippen molar-refractivity contribution in [2.24, 2.45) is 0 Å². The van der Waals surface area contributed by atoms with Crippen molar-refractivity contribution in [3.63, 3.8) is 0 Å². The highest BCUT2D eigenvalue weighted by atomic mass is 32.2. The maximum atomic E-state index is 13.4. The molecule has 0 fully saturated rings. The van der Waals surface area contributed by atoms with Gasteiger partial charge in [0.2, 0.25) is 5.89 Å². The van der Waals surface area contributed by atoms with E-state index >= 15 is 0 Å². The van der Waals surface area contributed by atoms with Gasteiger partial charge in [-0.15, -0.1) is 0 Å². The van der Waals surface area contributed by atoms with Gasteiger partial charge in [0.1, 0.15) is 11.3 Å². The molecular weight excluding hydrogens is 359 g/mol. The molecule has 1 N–H and O–H groups in total. The van der Waals surface area contributed by atoms with Crippen LogP contribution in [-0.4, -0.2) is 31.1 Å². The summed E-state index contributed by atoms with van der Waals surface area (Å²) in [6, 6.07) is 10.0. The maximum Gasteiger partial charge on any atom is 0.251 e. The molecule has 3 aromatic rings. The highest BCUT2D eigenvalue weighted by Crippen LogP contribution is 2.25. The van der Waals surface area contributed by atoms with Crippen LogP contribution >= 0.6 is 0 Å². The molecule has 0 radical (unpaired) electrons. The van der Waals surface area contributed by atoms with Crippen LogP contribution in [0.2, 0.25) is 0 Å². The van der Waals surface area contributed by atoms with E-state index in [9.17, 15) is 17.6 Å². The van der Waals surface area contributed by atoms with E-state index in [2.05, 4.69) is 10.3 Å². The Morgan fingerprint density at radius 2 is 2.08 bits per heavy atom. The van der Waals surface area contributed by atoms with Gasteiger partial charge in [0.15, 0.2) is 15.4 Å². The largest absolute Gasteiger partial charge is 0.436 e. The number of amides is 1. The lowest BCUT2D eigenvalue weighted by Gasteiger charge is -2.09. The molecule has 26 heavy (non-hydrogen) atoms. The number of halogens is 1. The van der Waals surface area contributed by atoms with Crippen LogP contribution in [0.3, 0.4) is 0 Å². The lowest BCUT2D eigenvalue weighted by molar-refractivity contribution is 0.0948. The molecular formula is C18H13FN2O4S. The number of oxazole rings is 1. The van der Waals surface area contributed by atoms with Gasteiger partial charge >= 0.3 is 0 Å². The summed E-state index contributed by atoms with van der Waals surface area (Å²) in [5.74, 6) is -0.700. The van der Waals surface area contributed by atoms with Crippen molar-refractivity contribution in [2.45, 2.75) is 6.04 Å².